The molecule has 1 atom stereocenters. The van der Waals surface area contributed by atoms with Gasteiger partial charge in [-0.15, -0.1) is 0 Å². The van der Waals surface area contributed by atoms with E-state index in [-0.39, 0.29) is 6.54 Å². The molecule has 0 spiro atoms. The summed E-state index contributed by atoms with van der Waals surface area (Å²) in [5, 5.41) is 8.83. The standard InChI is InChI=1S/C10H12BrNO2/c11-9-4-2-1-3-7(9)5-8(6-12)10(13)14/h1-4,8H,5-6,12H2,(H,13,14). The molecule has 14 heavy (non-hydrogen) atoms. The van der Waals surface area contributed by atoms with E-state index in [0.29, 0.717) is 6.42 Å². The van der Waals surface area contributed by atoms with Gasteiger partial charge in [-0.1, -0.05) is 34.1 Å². The van der Waals surface area contributed by atoms with E-state index in [9.17, 15) is 4.79 Å². The van der Waals surface area contributed by atoms with Crippen LogP contribution in [0.5, 0.6) is 0 Å². The summed E-state index contributed by atoms with van der Waals surface area (Å²) < 4.78 is 0.930. The fourth-order valence-electron chi connectivity index (χ4n) is 1.20. The van der Waals surface area contributed by atoms with Crippen molar-refractivity contribution in [2.45, 2.75) is 6.42 Å². The maximum Gasteiger partial charge on any atom is 0.308 e. The second-order valence-electron chi connectivity index (χ2n) is 3.07. The number of hydrogen-bond acceptors (Lipinski definition) is 2. The lowest BCUT2D eigenvalue weighted by Gasteiger charge is -2.10. The highest BCUT2D eigenvalue weighted by Crippen LogP contribution is 2.19. The van der Waals surface area contributed by atoms with Crippen molar-refractivity contribution in [3.05, 3.63) is 34.3 Å². The summed E-state index contributed by atoms with van der Waals surface area (Å²) in [6, 6.07) is 7.57. The van der Waals surface area contributed by atoms with Crippen LogP contribution in [0.4, 0.5) is 0 Å². The zero-order chi connectivity index (χ0) is 10.6. The SMILES string of the molecule is NCC(Cc1ccccc1Br)C(=O)O. The molecule has 4 heteroatoms. The molecule has 0 aromatic heterocycles. The Morgan fingerprint density at radius 3 is 2.64 bits per heavy atom. The quantitative estimate of drug-likeness (QED) is 0.863. The Hall–Kier alpha value is -0.870. The predicted octanol–water partition coefficient (Wildman–Crippen LogP) is 1.65. The monoisotopic (exact) mass is 257 g/mol. The van der Waals surface area contributed by atoms with Crippen molar-refractivity contribution in [1.82, 2.24) is 0 Å². The van der Waals surface area contributed by atoms with Gasteiger partial charge in [-0.25, -0.2) is 0 Å². The molecule has 76 valence electrons. The average molecular weight is 258 g/mol. The van der Waals surface area contributed by atoms with Crippen LogP contribution in [0.3, 0.4) is 0 Å². The van der Waals surface area contributed by atoms with E-state index in [1.54, 1.807) is 0 Å². The number of halogens is 1. The smallest absolute Gasteiger partial charge is 0.308 e. The Labute approximate surface area is 91.1 Å². The molecule has 0 fully saturated rings. The van der Waals surface area contributed by atoms with Gasteiger partial charge in [0.25, 0.3) is 0 Å². The van der Waals surface area contributed by atoms with E-state index in [4.69, 9.17) is 10.8 Å². The van der Waals surface area contributed by atoms with Gasteiger partial charge in [-0.2, -0.15) is 0 Å². The van der Waals surface area contributed by atoms with Gasteiger partial charge >= 0.3 is 5.97 Å². The predicted molar refractivity (Wildman–Crippen MR) is 58.0 cm³/mol. The third-order valence-corrected chi connectivity index (χ3v) is 2.83. The molecule has 0 amide bonds. The number of carboxylic acids is 1. The molecule has 3 nitrogen and oxygen atoms in total. The van der Waals surface area contributed by atoms with Crippen molar-refractivity contribution in [2.75, 3.05) is 6.54 Å². The number of nitrogens with two attached hydrogens (primary N) is 1. The summed E-state index contributed by atoms with van der Waals surface area (Å²) in [5.74, 6) is -1.35. The van der Waals surface area contributed by atoms with Crippen molar-refractivity contribution in [1.29, 1.82) is 0 Å². The van der Waals surface area contributed by atoms with Crippen LogP contribution in [-0.4, -0.2) is 17.6 Å². The Bertz CT molecular complexity index is 328. The van der Waals surface area contributed by atoms with Gasteiger partial charge in [0.2, 0.25) is 0 Å². The highest BCUT2D eigenvalue weighted by atomic mass is 79.9. The van der Waals surface area contributed by atoms with Gasteiger partial charge in [-0.3, -0.25) is 4.79 Å². The highest BCUT2D eigenvalue weighted by Gasteiger charge is 2.16. The average Bonchev–Trinajstić information content (AvgIpc) is 2.16. The minimum atomic E-state index is -0.844. The van der Waals surface area contributed by atoms with Crippen LogP contribution in [0.1, 0.15) is 5.56 Å². The first-order valence-corrected chi connectivity index (χ1v) is 5.10. The molecule has 0 radical (unpaired) electrons. The number of benzene rings is 1. The Balaban J connectivity index is 2.77. The first kappa shape index (κ1) is 11.2. The Kier molecular flexibility index (Phi) is 4.10. The van der Waals surface area contributed by atoms with Gasteiger partial charge in [0, 0.05) is 11.0 Å². The zero-order valence-electron chi connectivity index (χ0n) is 7.61. The van der Waals surface area contributed by atoms with Crippen molar-refractivity contribution < 1.29 is 9.90 Å². The summed E-state index contributed by atoms with van der Waals surface area (Å²) in [4.78, 5) is 10.8. The van der Waals surface area contributed by atoms with Crippen LogP contribution in [0, 0.1) is 5.92 Å². The maximum atomic E-state index is 10.8. The molecule has 0 saturated carbocycles. The van der Waals surface area contributed by atoms with E-state index in [1.807, 2.05) is 24.3 Å². The molecule has 1 aromatic carbocycles. The van der Waals surface area contributed by atoms with E-state index in [0.717, 1.165) is 10.0 Å². The maximum absolute atomic E-state index is 10.8. The van der Waals surface area contributed by atoms with E-state index in [1.165, 1.54) is 0 Å². The summed E-state index contributed by atoms with van der Waals surface area (Å²) >= 11 is 3.37. The molecular weight excluding hydrogens is 246 g/mol. The number of hydrogen-bond donors (Lipinski definition) is 2. The Morgan fingerprint density at radius 2 is 2.14 bits per heavy atom. The number of carboxylic acid groups (broad SMARTS) is 1. The van der Waals surface area contributed by atoms with Crippen molar-refractivity contribution >= 4 is 21.9 Å². The molecule has 1 unspecified atom stereocenters. The molecule has 1 aromatic rings. The number of rotatable bonds is 4. The van der Waals surface area contributed by atoms with Crippen molar-refractivity contribution in [3.8, 4) is 0 Å². The van der Waals surface area contributed by atoms with E-state index in [2.05, 4.69) is 15.9 Å². The van der Waals surface area contributed by atoms with Crippen LogP contribution < -0.4 is 5.73 Å². The molecule has 0 saturated heterocycles. The van der Waals surface area contributed by atoms with Crippen molar-refractivity contribution in [3.63, 3.8) is 0 Å². The second kappa shape index (κ2) is 5.12. The van der Waals surface area contributed by atoms with Gasteiger partial charge in [0.05, 0.1) is 5.92 Å². The summed E-state index contributed by atoms with van der Waals surface area (Å²) in [6.45, 7) is 0.163. The number of carbonyl (C=O) groups is 1. The molecule has 0 aliphatic heterocycles. The number of aliphatic carboxylic acids is 1. The van der Waals surface area contributed by atoms with Crippen LogP contribution >= 0.6 is 15.9 Å². The molecule has 0 aliphatic carbocycles. The summed E-state index contributed by atoms with van der Waals surface area (Å²) in [6.07, 6.45) is 0.466. The van der Waals surface area contributed by atoms with Crippen molar-refractivity contribution in [2.24, 2.45) is 11.7 Å². The topological polar surface area (TPSA) is 63.3 Å². The van der Waals surface area contributed by atoms with Crippen LogP contribution in [0.25, 0.3) is 0 Å². The third kappa shape index (κ3) is 2.82. The van der Waals surface area contributed by atoms with Crippen LogP contribution in [0.2, 0.25) is 0 Å². The fourth-order valence-corrected chi connectivity index (χ4v) is 1.65. The third-order valence-electron chi connectivity index (χ3n) is 2.06. The lowest BCUT2D eigenvalue weighted by Crippen LogP contribution is -2.25. The molecule has 0 heterocycles. The summed E-state index contributed by atoms with van der Waals surface area (Å²) in [7, 11) is 0. The first-order chi connectivity index (χ1) is 6.65. The minimum absolute atomic E-state index is 0.163. The molecule has 0 bridgehead atoms. The normalized spacial score (nSPS) is 12.4. The lowest BCUT2D eigenvalue weighted by molar-refractivity contribution is -0.141. The second-order valence-corrected chi connectivity index (χ2v) is 3.92. The van der Waals surface area contributed by atoms with Gasteiger partial charge in [-0.05, 0) is 18.1 Å². The summed E-state index contributed by atoms with van der Waals surface area (Å²) in [5.41, 5.74) is 6.35. The largest absolute Gasteiger partial charge is 0.481 e. The zero-order valence-corrected chi connectivity index (χ0v) is 9.20. The molecule has 1 rings (SSSR count). The Morgan fingerprint density at radius 1 is 1.50 bits per heavy atom. The van der Waals surface area contributed by atoms with Gasteiger partial charge in [0.15, 0.2) is 0 Å². The van der Waals surface area contributed by atoms with Crippen LogP contribution in [0.15, 0.2) is 28.7 Å². The van der Waals surface area contributed by atoms with Gasteiger partial charge in [0.1, 0.15) is 0 Å². The van der Waals surface area contributed by atoms with E-state index >= 15 is 0 Å². The highest BCUT2D eigenvalue weighted by molar-refractivity contribution is 9.10. The van der Waals surface area contributed by atoms with Crippen LogP contribution in [-0.2, 0) is 11.2 Å². The lowest BCUT2D eigenvalue weighted by atomic mass is 10.00. The van der Waals surface area contributed by atoms with Gasteiger partial charge < -0.3 is 10.8 Å². The van der Waals surface area contributed by atoms with E-state index < -0.39 is 11.9 Å². The first-order valence-electron chi connectivity index (χ1n) is 4.31. The fraction of sp³-hybridized carbons (Fsp3) is 0.300. The minimum Gasteiger partial charge on any atom is -0.481 e. The molecule has 3 N–H and O–H groups in total. The molecule has 0 aliphatic rings. The molecular formula is C10H12BrNO2.